The Morgan fingerprint density at radius 3 is 2.36 bits per heavy atom. The number of rotatable bonds is 0. The lowest BCUT2D eigenvalue weighted by atomic mass is 10.1. The van der Waals surface area contributed by atoms with Gasteiger partial charge in [0.2, 0.25) is 5.06 Å². The van der Waals surface area contributed by atoms with Crippen LogP contribution in [0.1, 0.15) is 13.8 Å². The second kappa shape index (κ2) is 2.42. The van der Waals surface area contributed by atoms with Gasteiger partial charge in [-0.15, -0.1) is 11.6 Å². The van der Waals surface area contributed by atoms with E-state index in [-0.39, 0.29) is 6.61 Å². The molecule has 0 radical (unpaired) electrons. The molecule has 0 aliphatic carbocycles. The molecule has 64 valence electrons. The standard InChI is InChI=1S/C6H8Cl2O3/c1-5(7)3-10-4(9)11-6(5,2)8/h3H2,1-2H3/t5-,6+/m1/s1. The topological polar surface area (TPSA) is 35.5 Å². The second-order valence-electron chi connectivity index (χ2n) is 2.75. The molecule has 1 aliphatic rings. The van der Waals surface area contributed by atoms with E-state index in [2.05, 4.69) is 9.47 Å². The first-order valence-electron chi connectivity index (χ1n) is 3.09. The molecule has 1 fully saturated rings. The van der Waals surface area contributed by atoms with Crippen LogP contribution in [-0.2, 0) is 9.47 Å². The first-order valence-corrected chi connectivity index (χ1v) is 3.84. The van der Waals surface area contributed by atoms with E-state index in [1.54, 1.807) is 6.92 Å². The summed E-state index contributed by atoms with van der Waals surface area (Å²) in [6, 6.07) is 0. The molecule has 0 unspecified atom stereocenters. The number of hydrogen-bond donors (Lipinski definition) is 0. The Kier molecular flexibility index (Phi) is 1.97. The van der Waals surface area contributed by atoms with Gasteiger partial charge >= 0.3 is 6.16 Å². The van der Waals surface area contributed by atoms with E-state index in [1.165, 1.54) is 6.92 Å². The highest BCUT2D eigenvalue weighted by Crippen LogP contribution is 2.39. The van der Waals surface area contributed by atoms with Crippen LogP contribution >= 0.6 is 23.2 Å². The van der Waals surface area contributed by atoms with E-state index in [0.717, 1.165) is 0 Å². The number of carbonyl (C=O) groups excluding carboxylic acids is 1. The predicted octanol–water partition coefficient (Wildman–Crippen LogP) is 2.11. The molecule has 3 nitrogen and oxygen atoms in total. The maximum Gasteiger partial charge on any atom is 0.510 e. The van der Waals surface area contributed by atoms with Crippen molar-refractivity contribution in [3.63, 3.8) is 0 Å². The molecule has 0 aromatic carbocycles. The Bertz CT molecular complexity index is 188. The van der Waals surface area contributed by atoms with E-state index in [1.807, 2.05) is 0 Å². The normalized spacial score (nSPS) is 44.5. The smallest absolute Gasteiger partial charge is 0.432 e. The SMILES string of the molecule is C[C@]1(Cl)OC(=O)OC[C@@]1(C)Cl. The van der Waals surface area contributed by atoms with Gasteiger partial charge in [0.25, 0.3) is 0 Å². The van der Waals surface area contributed by atoms with Crippen LogP contribution in [0.4, 0.5) is 4.79 Å². The van der Waals surface area contributed by atoms with Crippen molar-refractivity contribution < 1.29 is 14.3 Å². The third kappa shape index (κ3) is 1.54. The highest BCUT2D eigenvalue weighted by Gasteiger charge is 2.50. The second-order valence-corrected chi connectivity index (χ2v) is 4.31. The molecule has 1 heterocycles. The van der Waals surface area contributed by atoms with Gasteiger partial charge in [0.1, 0.15) is 11.5 Å². The fourth-order valence-corrected chi connectivity index (χ4v) is 0.826. The maximum atomic E-state index is 10.6. The van der Waals surface area contributed by atoms with E-state index < -0.39 is 16.1 Å². The van der Waals surface area contributed by atoms with Crippen LogP contribution < -0.4 is 0 Å². The molecule has 5 heteroatoms. The quantitative estimate of drug-likeness (QED) is 0.442. The van der Waals surface area contributed by atoms with Crippen molar-refractivity contribution >= 4 is 29.4 Å². The van der Waals surface area contributed by atoms with E-state index >= 15 is 0 Å². The van der Waals surface area contributed by atoms with Gasteiger partial charge in [-0.1, -0.05) is 11.6 Å². The number of carbonyl (C=O) groups is 1. The number of ether oxygens (including phenoxy) is 2. The molecule has 1 saturated heterocycles. The van der Waals surface area contributed by atoms with Gasteiger partial charge in [-0.2, -0.15) is 0 Å². The van der Waals surface area contributed by atoms with Gasteiger partial charge in [0.05, 0.1) is 0 Å². The van der Waals surface area contributed by atoms with Crippen LogP contribution in [0.2, 0.25) is 0 Å². The number of alkyl halides is 2. The minimum Gasteiger partial charge on any atom is -0.432 e. The molecule has 0 aromatic heterocycles. The third-order valence-electron chi connectivity index (χ3n) is 1.67. The molecule has 0 aromatic rings. The molecule has 0 spiro atoms. The zero-order chi connectivity index (χ0) is 8.70. The van der Waals surface area contributed by atoms with Gasteiger partial charge in [-0.3, -0.25) is 0 Å². The molecule has 2 atom stereocenters. The van der Waals surface area contributed by atoms with Gasteiger partial charge in [0.15, 0.2) is 0 Å². The Morgan fingerprint density at radius 2 is 2.00 bits per heavy atom. The minimum atomic E-state index is -1.19. The Morgan fingerprint density at radius 1 is 1.45 bits per heavy atom. The average Bonchev–Trinajstić information content (AvgIpc) is 1.80. The largest absolute Gasteiger partial charge is 0.510 e. The van der Waals surface area contributed by atoms with E-state index in [4.69, 9.17) is 23.2 Å². The fourth-order valence-electron chi connectivity index (χ4n) is 0.616. The lowest BCUT2D eigenvalue weighted by molar-refractivity contribution is -0.0565. The monoisotopic (exact) mass is 198 g/mol. The molecule has 1 aliphatic heterocycles. The molecule has 0 amide bonds. The first-order chi connectivity index (χ1) is 4.85. The summed E-state index contributed by atoms with van der Waals surface area (Å²) in [6.45, 7) is 3.24. The van der Waals surface area contributed by atoms with Crippen LogP contribution in [0.15, 0.2) is 0 Å². The van der Waals surface area contributed by atoms with Crippen molar-refractivity contribution in [1.82, 2.24) is 0 Å². The molecule has 0 N–H and O–H groups in total. The summed E-state index contributed by atoms with van der Waals surface area (Å²) in [5.74, 6) is 0. The molecular formula is C6H8Cl2O3. The van der Waals surface area contributed by atoms with Crippen molar-refractivity contribution in [2.24, 2.45) is 0 Å². The van der Waals surface area contributed by atoms with Crippen molar-refractivity contribution in [3.05, 3.63) is 0 Å². The summed E-state index contributed by atoms with van der Waals surface area (Å²) in [5.41, 5.74) is 0. The van der Waals surface area contributed by atoms with Crippen LogP contribution in [0.3, 0.4) is 0 Å². The number of halogens is 2. The zero-order valence-corrected chi connectivity index (χ0v) is 7.70. The van der Waals surface area contributed by atoms with Crippen LogP contribution in [0.25, 0.3) is 0 Å². The summed E-state index contributed by atoms with van der Waals surface area (Å²) < 4.78 is 9.21. The van der Waals surface area contributed by atoms with Crippen LogP contribution in [0, 0.1) is 0 Å². The predicted molar refractivity (Wildman–Crippen MR) is 40.9 cm³/mol. The van der Waals surface area contributed by atoms with Gasteiger partial charge in [0, 0.05) is 0 Å². The third-order valence-corrected chi connectivity index (χ3v) is 2.73. The number of hydrogen-bond acceptors (Lipinski definition) is 3. The molecular weight excluding hydrogens is 191 g/mol. The molecule has 1 rings (SSSR count). The van der Waals surface area contributed by atoms with E-state index in [9.17, 15) is 4.79 Å². The average molecular weight is 199 g/mol. The van der Waals surface area contributed by atoms with Crippen molar-refractivity contribution in [3.8, 4) is 0 Å². The lowest BCUT2D eigenvalue weighted by Gasteiger charge is -2.38. The van der Waals surface area contributed by atoms with Gasteiger partial charge < -0.3 is 9.47 Å². The Hall–Kier alpha value is -0.150. The van der Waals surface area contributed by atoms with Crippen molar-refractivity contribution in [1.29, 1.82) is 0 Å². The zero-order valence-electron chi connectivity index (χ0n) is 6.19. The Labute approximate surface area is 74.6 Å². The van der Waals surface area contributed by atoms with Crippen molar-refractivity contribution in [2.45, 2.75) is 23.8 Å². The molecule has 0 bridgehead atoms. The Balaban J connectivity index is 2.80. The minimum absolute atomic E-state index is 0.0629. The summed E-state index contributed by atoms with van der Waals surface area (Å²) in [6.07, 6.45) is -0.777. The fraction of sp³-hybridized carbons (Fsp3) is 0.833. The summed E-state index contributed by atoms with van der Waals surface area (Å²) in [4.78, 5) is 9.71. The first kappa shape index (κ1) is 8.94. The molecule has 11 heavy (non-hydrogen) atoms. The maximum absolute atomic E-state index is 10.6. The van der Waals surface area contributed by atoms with Crippen LogP contribution in [-0.4, -0.2) is 22.7 Å². The van der Waals surface area contributed by atoms with Crippen molar-refractivity contribution in [2.75, 3.05) is 6.61 Å². The summed E-state index contributed by atoms with van der Waals surface area (Å²) >= 11 is 11.7. The van der Waals surface area contributed by atoms with Gasteiger partial charge in [-0.05, 0) is 13.8 Å². The summed E-state index contributed by atoms with van der Waals surface area (Å²) in [7, 11) is 0. The summed E-state index contributed by atoms with van der Waals surface area (Å²) in [5, 5.41) is -1.19. The highest BCUT2D eigenvalue weighted by atomic mass is 35.5. The van der Waals surface area contributed by atoms with Gasteiger partial charge in [-0.25, -0.2) is 4.79 Å². The number of cyclic esters (lactones) is 2. The molecule has 0 saturated carbocycles. The lowest BCUT2D eigenvalue weighted by Crippen LogP contribution is -2.52. The van der Waals surface area contributed by atoms with Crippen LogP contribution in [0.5, 0.6) is 0 Å². The van der Waals surface area contributed by atoms with E-state index in [0.29, 0.717) is 0 Å². The highest BCUT2D eigenvalue weighted by molar-refractivity contribution is 6.34.